The van der Waals surface area contributed by atoms with E-state index in [1.54, 1.807) is 18.2 Å². The minimum atomic E-state index is -0.553. The van der Waals surface area contributed by atoms with Gasteiger partial charge >= 0.3 is 0 Å². The van der Waals surface area contributed by atoms with Gasteiger partial charge in [-0.15, -0.1) is 10.2 Å². The van der Waals surface area contributed by atoms with Crippen molar-refractivity contribution in [3.63, 3.8) is 0 Å². The molecule has 0 bridgehead atoms. The van der Waals surface area contributed by atoms with Crippen LogP contribution in [0.1, 0.15) is 54.9 Å². The van der Waals surface area contributed by atoms with Gasteiger partial charge in [-0.05, 0) is 51.0 Å². The highest BCUT2D eigenvalue weighted by Crippen LogP contribution is 2.39. The van der Waals surface area contributed by atoms with Gasteiger partial charge in [0.25, 0.3) is 5.91 Å². The van der Waals surface area contributed by atoms with Gasteiger partial charge in [0.1, 0.15) is 5.69 Å². The van der Waals surface area contributed by atoms with Crippen molar-refractivity contribution in [1.29, 1.82) is 0 Å². The van der Waals surface area contributed by atoms with E-state index in [4.69, 9.17) is 16.0 Å². The number of hydrogen-bond donors (Lipinski definition) is 1. The first kappa shape index (κ1) is 18.6. The number of benzene rings is 1. The number of halogens is 1. The monoisotopic (exact) mass is 396 g/mol. The highest BCUT2D eigenvalue weighted by molar-refractivity contribution is 6.30. The van der Waals surface area contributed by atoms with Crippen molar-refractivity contribution >= 4 is 17.5 Å². The highest BCUT2D eigenvalue weighted by Gasteiger charge is 2.31. The van der Waals surface area contributed by atoms with Gasteiger partial charge in [-0.2, -0.15) is 0 Å². The normalized spacial score (nSPS) is 14.1. The van der Waals surface area contributed by atoms with Crippen molar-refractivity contribution in [2.24, 2.45) is 0 Å². The molecular weight excluding hydrogens is 376 g/mol. The summed E-state index contributed by atoms with van der Waals surface area (Å²) < 4.78 is 5.72. The van der Waals surface area contributed by atoms with Crippen LogP contribution < -0.4 is 5.32 Å². The van der Waals surface area contributed by atoms with E-state index in [-0.39, 0.29) is 5.91 Å². The number of rotatable bonds is 6. The lowest BCUT2D eigenvalue weighted by molar-refractivity contribution is 0.0905. The van der Waals surface area contributed by atoms with E-state index in [9.17, 15) is 4.79 Å². The molecule has 1 amide bonds. The molecule has 1 aromatic carbocycles. The summed E-state index contributed by atoms with van der Waals surface area (Å²) in [6.07, 6.45) is 2.67. The van der Waals surface area contributed by atoms with Crippen molar-refractivity contribution in [3.05, 3.63) is 65.0 Å². The molecular formula is C21H21ClN4O2. The van der Waals surface area contributed by atoms with Gasteiger partial charge in [0.2, 0.25) is 11.8 Å². The number of carbonyl (C=O) groups excluding carboxylic acids is 1. The van der Waals surface area contributed by atoms with Crippen LogP contribution in [0.15, 0.2) is 46.9 Å². The Labute approximate surface area is 168 Å². The van der Waals surface area contributed by atoms with Crippen molar-refractivity contribution in [2.45, 2.75) is 44.6 Å². The minimum Gasteiger partial charge on any atom is -0.425 e. The average Bonchev–Trinajstić information content (AvgIpc) is 3.42. The highest BCUT2D eigenvalue weighted by atomic mass is 35.5. The van der Waals surface area contributed by atoms with Crippen LogP contribution in [0.2, 0.25) is 5.02 Å². The Kier molecular flexibility index (Phi) is 4.89. The van der Waals surface area contributed by atoms with Crippen molar-refractivity contribution in [3.8, 4) is 11.3 Å². The molecule has 3 aromatic rings. The fraction of sp³-hybridized carbons (Fsp3) is 0.333. The van der Waals surface area contributed by atoms with E-state index in [0.717, 1.165) is 18.4 Å². The fourth-order valence-electron chi connectivity index (χ4n) is 2.97. The Bertz CT molecular complexity index is 994. The van der Waals surface area contributed by atoms with Gasteiger partial charge in [-0.3, -0.25) is 4.79 Å². The summed E-state index contributed by atoms with van der Waals surface area (Å²) in [6, 6.07) is 12.7. The molecule has 1 saturated carbocycles. The molecule has 28 heavy (non-hydrogen) atoms. The van der Waals surface area contributed by atoms with E-state index in [1.165, 1.54) is 0 Å². The van der Waals surface area contributed by atoms with Crippen LogP contribution in [0.3, 0.4) is 0 Å². The smallest absolute Gasteiger partial charge is 0.270 e. The molecule has 1 N–H and O–H groups in total. The van der Waals surface area contributed by atoms with Crippen molar-refractivity contribution in [1.82, 2.24) is 20.5 Å². The quantitative estimate of drug-likeness (QED) is 0.667. The number of amides is 1. The number of nitrogens with zero attached hydrogens (tertiary/aromatic N) is 3. The topological polar surface area (TPSA) is 80.9 Å². The molecule has 0 aliphatic heterocycles. The fourth-order valence-corrected chi connectivity index (χ4v) is 3.10. The molecule has 0 spiro atoms. The van der Waals surface area contributed by atoms with Gasteiger partial charge in [0.15, 0.2) is 0 Å². The molecule has 0 atom stereocenters. The number of carbonyl (C=O) groups is 1. The zero-order valence-electron chi connectivity index (χ0n) is 15.8. The predicted octanol–water partition coefficient (Wildman–Crippen LogP) is 4.41. The second-order valence-electron chi connectivity index (χ2n) is 7.74. The first-order valence-corrected chi connectivity index (χ1v) is 9.65. The van der Waals surface area contributed by atoms with Crippen molar-refractivity contribution in [2.75, 3.05) is 0 Å². The largest absolute Gasteiger partial charge is 0.425 e. The van der Waals surface area contributed by atoms with E-state index in [1.807, 2.05) is 38.1 Å². The molecule has 0 saturated heterocycles. The minimum absolute atomic E-state index is 0.247. The van der Waals surface area contributed by atoms with Crippen LogP contribution in [-0.4, -0.2) is 26.6 Å². The van der Waals surface area contributed by atoms with Crippen molar-refractivity contribution < 1.29 is 9.21 Å². The molecule has 144 valence electrons. The molecule has 2 aromatic heterocycles. The lowest BCUT2D eigenvalue weighted by Gasteiger charge is -2.24. The van der Waals surface area contributed by atoms with Crippen LogP contribution in [0.25, 0.3) is 11.3 Å². The first-order chi connectivity index (χ1) is 13.4. The first-order valence-electron chi connectivity index (χ1n) is 9.27. The van der Waals surface area contributed by atoms with E-state index < -0.39 is 5.54 Å². The van der Waals surface area contributed by atoms with E-state index in [0.29, 0.717) is 40.5 Å². The van der Waals surface area contributed by atoms with Gasteiger partial charge in [0, 0.05) is 28.5 Å². The lowest BCUT2D eigenvalue weighted by Crippen LogP contribution is -2.45. The van der Waals surface area contributed by atoms with Gasteiger partial charge < -0.3 is 9.73 Å². The number of hydrogen-bond acceptors (Lipinski definition) is 5. The van der Waals surface area contributed by atoms with Gasteiger partial charge in [-0.25, -0.2) is 4.98 Å². The summed E-state index contributed by atoms with van der Waals surface area (Å²) >= 11 is 5.94. The third-order valence-corrected chi connectivity index (χ3v) is 4.83. The Morgan fingerprint density at radius 3 is 2.64 bits per heavy atom. The van der Waals surface area contributed by atoms with Crippen LogP contribution >= 0.6 is 11.6 Å². The second kappa shape index (κ2) is 7.36. The van der Waals surface area contributed by atoms with Crippen LogP contribution in [0, 0.1) is 0 Å². The maximum atomic E-state index is 12.8. The van der Waals surface area contributed by atoms with Gasteiger partial charge in [-0.1, -0.05) is 29.8 Å². The SMILES string of the molecule is CC(C)(Cc1nnc(C2CC2)o1)NC(=O)c1cccc(-c2ccc(Cl)cc2)n1. The zero-order chi connectivity index (χ0) is 19.7. The summed E-state index contributed by atoms with van der Waals surface area (Å²) in [5.41, 5.74) is 1.41. The van der Waals surface area contributed by atoms with Crippen LogP contribution in [0.4, 0.5) is 0 Å². The lowest BCUT2D eigenvalue weighted by atomic mass is 10.0. The zero-order valence-corrected chi connectivity index (χ0v) is 16.5. The third-order valence-electron chi connectivity index (χ3n) is 4.58. The average molecular weight is 397 g/mol. The standard InChI is InChI=1S/C21H21ClN4O2/c1-21(2,12-18-25-26-20(28-18)14-6-7-14)24-19(27)17-5-3-4-16(23-17)13-8-10-15(22)11-9-13/h3-5,8-11,14H,6-7,12H2,1-2H3,(H,24,27). The third kappa shape index (κ3) is 4.39. The summed E-state index contributed by atoms with van der Waals surface area (Å²) in [4.78, 5) is 17.2. The number of nitrogens with one attached hydrogen (secondary N) is 1. The van der Waals surface area contributed by atoms with Crippen LogP contribution in [0.5, 0.6) is 0 Å². The molecule has 0 radical (unpaired) electrons. The molecule has 1 aliphatic carbocycles. The maximum Gasteiger partial charge on any atom is 0.270 e. The summed E-state index contributed by atoms with van der Waals surface area (Å²) in [7, 11) is 0. The Hall–Kier alpha value is -2.73. The molecule has 1 aliphatic rings. The predicted molar refractivity (Wildman–Crippen MR) is 106 cm³/mol. The second-order valence-corrected chi connectivity index (χ2v) is 8.17. The van der Waals surface area contributed by atoms with Gasteiger partial charge in [0.05, 0.1) is 5.69 Å². The Balaban J connectivity index is 1.45. The van der Waals surface area contributed by atoms with Crippen LogP contribution in [-0.2, 0) is 6.42 Å². The Morgan fingerprint density at radius 2 is 1.93 bits per heavy atom. The molecule has 2 heterocycles. The Morgan fingerprint density at radius 1 is 1.18 bits per heavy atom. The van der Waals surface area contributed by atoms with E-state index >= 15 is 0 Å². The summed E-state index contributed by atoms with van der Waals surface area (Å²) in [5, 5.41) is 11.9. The molecule has 1 fully saturated rings. The summed E-state index contributed by atoms with van der Waals surface area (Å²) in [5.74, 6) is 1.41. The summed E-state index contributed by atoms with van der Waals surface area (Å²) in [6.45, 7) is 3.85. The number of aromatic nitrogens is 3. The molecule has 7 heteroatoms. The van der Waals surface area contributed by atoms with E-state index in [2.05, 4.69) is 20.5 Å². The molecule has 0 unspecified atom stereocenters. The molecule has 6 nitrogen and oxygen atoms in total. The number of pyridine rings is 1. The molecule has 4 rings (SSSR count). The maximum absolute atomic E-state index is 12.8.